The summed E-state index contributed by atoms with van der Waals surface area (Å²) in [5, 5.41) is 1.94. The molecule has 2 aliphatic rings. The van der Waals surface area contributed by atoms with Crippen molar-refractivity contribution < 1.29 is 23.9 Å². The van der Waals surface area contributed by atoms with E-state index in [9.17, 15) is 19.2 Å². The van der Waals surface area contributed by atoms with Crippen LogP contribution in [0.5, 0.6) is 0 Å². The fourth-order valence-corrected chi connectivity index (χ4v) is 3.73. The van der Waals surface area contributed by atoms with Gasteiger partial charge in [0, 0.05) is 17.0 Å². The lowest BCUT2D eigenvalue weighted by atomic mass is 9.95. The summed E-state index contributed by atoms with van der Waals surface area (Å²) in [6, 6.07) is 5.19. The lowest BCUT2D eigenvalue weighted by Gasteiger charge is -2.38. The molecule has 0 unspecified atom stereocenters. The van der Waals surface area contributed by atoms with Gasteiger partial charge in [-0.25, -0.2) is 14.7 Å². The number of carbonyl (C=O) groups excluding carboxylic acids is 4. The van der Waals surface area contributed by atoms with Crippen molar-refractivity contribution in [2.24, 2.45) is 0 Å². The van der Waals surface area contributed by atoms with Gasteiger partial charge in [0.05, 0.1) is 18.4 Å². The van der Waals surface area contributed by atoms with Crippen LogP contribution < -0.4 is 10.3 Å². The number of halogens is 1. The average Bonchev–Trinajstić information content (AvgIpc) is 3.13. The molecular weight excluding hydrogens is 386 g/mol. The predicted octanol–water partition coefficient (Wildman–Crippen LogP) is 1.59. The van der Waals surface area contributed by atoms with Crippen molar-refractivity contribution >= 4 is 40.9 Å². The Morgan fingerprint density at radius 3 is 2.36 bits per heavy atom. The summed E-state index contributed by atoms with van der Waals surface area (Å²) < 4.78 is 4.77. The lowest BCUT2D eigenvalue weighted by Crippen LogP contribution is -2.57. The highest BCUT2D eigenvalue weighted by atomic mass is 35.5. The number of amides is 2. The Labute approximate surface area is 167 Å². The van der Waals surface area contributed by atoms with E-state index < -0.39 is 29.4 Å². The highest BCUT2D eigenvalue weighted by Crippen LogP contribution is 2.38. The van der Waals surface area contributed by atoms with Crippen LogP contribution in [-0.2, 0) is 23.9 Å². The summed E-state index contributed by atoms with van der Waals surface area (Å²) in [5.74, 6) is -2.00. The number of fused-ring (bicyclic) bond motifs is 1. The number of nitrogens with zero attached hydrogens (tertiary/aromatic N) is 2. The molecule has 1 N–H and O–H groups in total. The van der Waals surface area contributed by atoms with Crippen LogP contribution in [0.15, 0.2) is 35.5 Å². The van der Waals surface area contributed by atoms with E-state index in [-0.39, 0.29) is 23.5 Å². The van der Waals surface area contributed by atoms with Gasteiger partial charge in [0.25, 0.3) is 11.8 Å². The monoisotopic (exact) mass is 405 g/mol. The Balaban J connectivity index is 2.09. The number of nitrogens with one attached hydrogen (secondary N) is 1. The predicted molar refractivity (Wildman–Crippen MR) is 101 cm³/mol. The zero-order chi connectivity index (χ0) is 20.8. The first-order chi connectivity index (χ1) is 13.1. The topological polar surface area (TPSA) is 96.0 Å². The number of imide groups is 1. The van der Waals surface area contributed by atoms with E-state index in [0.29, 0.717) is 10.7 Å². The van der Waals surface area contributed by atoms with E-state index >= 15 is 0 Å². The molecule has 8 nitrogen and oxygen atoms in total. The summed E-state index contributed by atoms with van der Waals surface area (Å²) >= 11 is 5.89. The van der Waals surface area contributed by atoms with Crippen molar-refractivity contribution in [2.45, 2.75) is 38.8 Å². The molecular formula is C19H20ClN3O5. The second-order valence-electron chi connectivity index (χ2n) is 7.31. The SMILES string of the molecule is COC(=O)C1=C2C(=O)N(c3ccc(Cl)cc3)C(=O)[C@@H]2N(C(C)(C)CC(C)=O)N1. The number of Topliss-reactive ketones (excluding diaryl/α,β-unsaturated/α-hetero) is 1. The van der Waals surface area contributed by atoms with Gasteiger partial charge >= 0.3 is 5.97 Å². The van der Waals surface area contributed by atoms with Gasteiger partial charge in [0.15, 0.2) is 0 Å². The van der Waals surface area contributed by atoms with Crippen molar-refractivity contribution in [3.63, 3.8) is 0 Å². The number of methoxy groups -OCH3 is 1. The van der Waals surface area contributed by atoms with Crippen LogP contribution in [0.1, 0.15) is 27.2 Å². The van der Waals surface area contributed by atoms with Crippen LogP contribution in [0.25, 0.3) is 0 Å². The third kappa shape index (κ3) is 3.18. The lowest BCUT2D eigenvalue weighted by molar-refractivity contribution is -0.138. The van der Waals surface area contributed by atoms with Crippen molar-refractivity contribution in [2.75, 3.05) is 12.0 Å². The van der Waals surface area contributed by atoms with Crippen molar-refractivity contribution in [3.8, 4) is 0 Å². The van der Waals surface area contributed by atoms with E-state index in [2.05, 4.69) is 5.43 Å². The molecule has 1 atom stereocenters. The van der Waals surface area contributed by atoms with Crippen molar-refractivity contribution in [3.05, 3.63) is 40.6 Å². The summed E-state index contributed by atoms with van der Waals surface area (Å²) in [7, 11) is 1.19. The molecule has 0 radical (unpaired) electrons. The molecule has 1 aromatic rings. The molecule has 1 aromatic carbocycles. The molecule has 0 spiro atoms. The minimum Gasteiger partial charge on any atom is -0.464 e. The van der Waals surface area contributed by atoms with Crippen LogP contribution in [0.2, 0.25) is 5.02 Å². The second kappa shape index (κ2) is 7.03. The number of benzene rings is 1. The third-order valence-electron chi connectivity index (χ3n) is 4.73. The minimum atomic E-state index is -1.05. The Morgan fingerprint density at radius 2 is 1.82 bits per heavy atom. The van der Waals surface area contributed by atoms with Gasteiger partial charge in [-0.1, -0.05) is 11.6 Å². The number of hydrogen-bond donors (Lipinski definition) is 1. The van der Waals surface area contributed by atoms with E-state index in [0.717, 1.165) is 4.90 Å². The zero-order valence-electron chi connectivity index (χ0n) is 15.9. The van der Waals surface area contributed by atoms with Crippen LogP contribution in [0, 0.1) is 0 Å². The summed E-state index contributed by atoms with van der Waals surface area (Å²) in [4.78, 5) is 51.3. The van der Waals surface area contributed by atoms with Gasteiger partial charge in [-0.2, -0.15) is 0 Å². The van der Waals surface area contributed by atoms with Gasteiger partial charge in [-0.3, -0.25) is 14.4 Å². The first kappa shape index (κ1) is 20.0. The summed E-state index contributed by atoms with van der Waals surface area (Å²) in [6.45, 7) is 4.94. The molecule has 2 aliphatic heterocycles. The Kier molecular flexibility index (Phi) is 5.03. The minimum absolute atomic E-state index is 0.00317. The van der Waals surface area contributed by atoms with Gasteiger partial charge in [-0.05, 0) is 45.0 Å². The molecule has 0 saturated carbocycles. The van der Waals surface area contributed by atoms with Crippen LogP contribution in [0.3, 0.4) is 0 Å². The zero-order valence-corrected chi connectivity index (χ0v) is 16.7. The number of esters is 1. The molecule has 1 saturated heterocycles. The van der Waals surface area contributed by atoms with Crippen LogP contribution in [0.4, 0.5) is 5.69 Å². The van der Waals surface area contributed by atoms with Gasteiger partial charge in [-0.15, -0.1) is 0 Å². The molecule has 28 heavy (non-hydrogen) atoms. The Bertz CT molecular complexity index is 907. The Hall–Kier alpha value is -2.71. The largest absolute Gasteiger partial charge is 0.464 e. The highest BCUT2D eigenvalue weighted by Gasteiger charge is 2.57. The van der Waals surface area contributed by atoms with Crippen LogP contribution in [-0.4, -0.2) is 47.3 Å². The van der Waals surface area contributed by atoms with Crippen molar-refractivity contribution in [1.29, 1.82) is 0 Å². The fraction of sp³-hybridized carbons (Fsp3) is 0.368. The number of hydrazine groups is 1. The van der Waals surface area contributed by atoms with E-state index in [4.69, 9.17) is 16.3 Å². The quantitative estimate of drug-likeness (QED) is 0.587. The van der Waals surface area contributed by atoms with E-state index in [1.807, 2.05) is 0 Å². The maximum absolute atomic E-state index is 13.2. The molecule has 0 bridgehead atoms. The van der Waals surface area contributed by atoms with Crippen LogP contribution >= 0.6 is 11.6 Å². The first-order valence-corrected chi connectivity index (χ1v) is 8.98. The Morgan fingerprint density at radius 1 is 1.21 bits per heavy atom. The molecule has 9 heteroatoms. The van der Waals surface area contributed by atoms with Gasteiger partial charge in [0.2, 0.25) is 0 Å². The standard InChI is InChI=1S/C19H20ClN3O5/c1-10(24)9-19(2,3)23-15-13(14(21-23)18(27)28-4)16(25)22(17(15)26)12-7-5-11(20)6-8-12/h5-8,15,21H,9H2,1-4H3/t15-/m1/s1. The molecule has 2 heterocycles. The molecule has 1 fully saturated rings. The van der Waals surface area contributed by atoms with E-state index in [1.54, 1.807) is 38.1 Å². The summed E-state index contributed by atoms with van der Waals surface area (Å²) in [6.07, 6.45) is 0.112. The molecule has 2 amide bonds. The van der Waals surface area contributed by atoms with E-state index in [1.165, 1.54) is 19.0 Å². The summed E-state index contributed by atoms with van der Waals surface area (Å²) in [5.41, 5.74) is 2.23. The van der Waals surface area contributed by atoms with Crippen molar-refractivity contribution in [1.82, 2.24) is 10.4 Å². The fourth-order valence-electron chi connectivity index (χ4n) is 3.60. The highest BCUT2D eigenvalue weighted by molar-refractivity contribution is 6.33. The normalized spacial score (nSPS) is 19.8. The van der Waals surface area contributed by atoms with Gasteiger partial charge < -0.3 is 10.2 Å². The maximum Gasteiger partial charge on any atom is 0.356 e. The maximum atomic E-state index is 13.2. The molecule has 0 aliphatic carbocycles. The number of hydrogen-bond acceptors (Lipinski definition) is 7. The molecule has 0 aromatic heterocycles. The molecule has 3 rings (SSSR count). The number of ketones is 1. The number of anilines is 1. The average molecular weight is 406 g/mol. The smallest absolute Gasteiger partial charge is 0.356 e. The second-order valence-corrected chi connectivity index (χ2v) is 7.75. The number of ether oxygens (including phenoxy) is 1. The van der Waals surface area contributed by atoms with Gasteiger partial charge in [0.1, 0.15) is 17.5 Å². The third-order valence-corrected chi connectivity index (χ3v) is 4.98. The number of carbonyl (C=O) groups is 4. The first-order valence-electron chi connectivity index (χ1n) is 8.60. The number of rotatable bonds is 5. The molecule has 148 valence electrons.